The molecule has 2 N–H and O–H groups in total. The highest BCUT2D eigenvalue weighted by molar-refractivity contribution is 7.14. The van der Waals surface area contributed by atoms with Gasteiger partial charge in [0.1, 0.15) is 5.75 Å². The fourth-order valence-corrected chi connectivity index (χ4v) is 3.68. The Bertz CT molecular complexity index is 1030. The maximum absolute atomic E-state index is 12.2. The number of fused-ring (bicyclic) bond motifs is 1. The molecule has 0 spiro atoms. The maximum atomic E-state index is 12.2. The van der Waals surface area contributed by atoms with E-state index in [1.54, 1.807) is 12.1 Å². The van der Waals surface area contributed by atoms with Crippen LogP contribution in [0.15, 0.2) is 47.8 Å². The quantitative estimate of drug-likeness (QED) is 0.686. The van der Waals surface area contributed by atoms with Crippen molar-refractivity contribution in [2.24, 2.45) is 0 Å². The molecule has 0 aliphatic carbocycles. The van der Waals surface area contributed by atoms with Crippen LogP contribution in [0.2, 0.25) is 0 Å². The van der Waals surface area contributed by atoms with Crippen LogP contribution in [0.4, 0.5) is 10.8 Å². The highest BCUT2D eigenvalue weighted by Crippen LogP contribution is 2.27. The van der Waals surface area contributed by atoms with E-state index in [1.165, 1.54) is 16.9 Å². The number of anilines is 2. The van der Waals surface area contributed by atoms with E-state index in [2.05, 4.69) is 15.6 Å². The molecule has 2 aromatic carbocycles. The molecule has 2 amide bonds. The summed E-state index contributed by atoms with van der Waals surface area (Å²) in [6.07, 6.45) is 1.13. The summed E-state index contributed by atoms with van der Waals surface area (Å²) in [4.78, 5) is 28.0. The number of amides is 2. The van der Waals surface area contributed by atoms with Crippen LogP contribution in [-0.2, 0) is 16.0 Å². The van der Waals surface area contributed by atoms with Crippen LogP contribution in [0.5, 0.6) is 5.75 Å². The lowest BCUT2D eigenvalue weighted by Gasteiger charge is -2.17. The third-order valence-electron chi connectivity index (χ3n) is 4.44. The molecular formula is C21H19N3O3S. The highest BCUT2D eigenvalue weighted by Gasteiger charge is 2.15. The Hall–Kier alpha value is -3.19. The van der Waals surface area contributed by atoms with Crippen LogP contribution in [0.1, 0.15) is 17.5 Å². The third kappa shape index (κ3) is 4.20. The van der Waals surface area contributed by atoms with Crippen molar-refractivity contribution in [2.75, 3.05) is 17.2 Å². The van der Waals surface area contributed by atoms with Gasteiger partial charge in [0.2, 0.25) is 5.91 Å². The number of nitrogens with one attached hydrogen (secondary N) is 2. The first-order valence-electron chi connectivity index (χ1n) is 8.95. The Morgan fingerprint density at radius 1 is 1.21 bits per heavy atom. The van der Waals surface area contributed by atoms with E-state index in [4.69, 9.17) is 4.74 Å². The number of hydrogen-bond acceptors (Lipinski definition) is 5. The summed E-state index contributed by atoms with van der Waals surface area (Å²) < 4.78 is 5.59. The zero-order chi connectivity index (χ0) is 19.5. The van der Waals surface area contributed by atoms with Gasteiger partial charge in [0.15, 0.2) is 11.7 Å². The molecule has 0 unspecified atom stereocenters. The molecule has 6 nitrogen and oxygen atoms in total. The second kappa shape index (κ2) is 7.82. The molecule has 28 heavy (non-hydrogen) atoms. The molecule has 4 rings (SSSR count). The number of thiazole rings is 1. The van der Waals surface area contributed by atoms with Gasteiger partial charge in [-0.2, -0.15) is 0 Å². The lowest BCUT2D eigenvalue weighted by atomic mass is 10.0. The van der Waals surface area contributed by atoms with Gasteiger partial charge in [-0.3, -0.25) is 14.9 Å². The minimum Gasteiger partial charge on any atom is -0.484 e. The number of aryl methyl sites for hydroxylation is 2. The first kappa shape index (κ1) is 18.2. The summed E-state index contributed by atoms with van der Waals surface area (Å²) in [5.74, 6) is 0.356. The number of aromatic nitrogens is 1. The lowest BCUT2D eigenvalue weighted by molar-refractivity contribution is -0.118. The molecule has 0 atom stereocenters. The van der Waals surface area contributed by atoms with Gasteiger partial charge >= 0.3 is 0 Å². The molecule has 1 aromatic heterocycles. The minimum absolute atomic E-state index is 0.0222. The Morgan fingerprint density at radius 2 is 2.04 bits per heavy atom. The van der Waals surface area contributed by atoms with Gasteiger partial charge in [-0.25, -0.2) is 4.98 Å². The van der Waals surface area contributed by atoms with Gasteiger partial charge in [0, 0.05) is 23.1 Å². The molecule has 0 bridgehead atoms. The van der Waals surface area contributed by atoms with Gasteiger partial charge in [-0.15, -0.1) is 11.3 Å². The first-order valence-corrected chi connectivity index (χ1v) is 9.83. The fourth-order valence-electron chi connectivity index (χ4n) is 2.94. The Kier molecular flexibility index (Phi) is 5.08. The minimum atomic E-state index is -0.268. The zero-order valence-electron chi connectivity index (χ0n) is 15.3. The SMILES string of the molecule is Cc1ccc(-c2csc(NC(=O)COc3ccc4c(c3)CCC(=O)N4)n2)cc1. The topological polar surface area (TPSA) is 80.3 Å². The number of nitrogens with zero attached hydrogens (tertiary/aromatic N) is 1. The molecule has 7 heteroatoms. The van der Waals surface area contributed by atoms with Crippen molar-refractivity contribution in [3.05, 3.63) is 59.0 Å². The molecular weight excluding hydrogens is 374 g/mol. The van der Waals surface area contributed by atoms with Gasteiger partial charge < -0.3 is 10.1 Å². The van der Waals surface area contributed by atoms with E-state index < -0.39 is 0 Å². The van der Waals surface area contributed by atoms with Crippen LogP contribution in [0.25, 0.3) is 11.3 Å². The monoisotopic (exact) mass is 393 g/mol. The van der Waals surface area contributed by atoms with Crippen molar-refractivity contribution >= 4 is 34.0 Å². The van der Waals surface area contributed by atoms with Crippen molar-refractivity contribution in [1.82, 2.24) is 4.98 Å². The molecule has 0 saturated carbocycles. The predicted molar refractivity (Wildman–Crippen MR) is 110 cm³/mol. The molecule has 142 valence electrons. The van der Waals surface area contributed by atoms with Crippen molar-refractivity contribution in [1.29, 1.82) is 0 Å². The van der Waals surface area contributed by atoms with E-state index in [-0.39, 0.29) is 18.4 Å². The van der Waals surface area contributed by atoms with Gasteiger partial charge in [-0.1, -0.05) is 29.8 Å². The van der Waals surface area contributed by atoms with E-state index in [1.807, 2.05) is 42.6 Å². The summed E-state index contributed by atoms with van der Waals surface area (Å²) in [7, 11) is 0. The van der Waals surface area contributed by atoms with E-state index in [0.717, 1.165) is 22.5 Å². The Morgan fingerprint density at radius 3 is 2.86 bits per heavy atom. The summed E-state index contributed by atoms with van der Waals surface area (Å²) >= 11 is 1.38. The summed E-state index contributed by atoms with van der Waals surface area (Å²) in [5.41, 5.74) is 4.85. The van der Waals surface area contributed by atoms with Crippen molar-refractivity contribution in [2.45, 2.75) is 19.8 Å². The number of ether oxygens (including phenoxy) is 1. The third-order valence-corrected chi connectivity index (χ3v) is 5.20. The van der Waals surface area contributed by atoms with Gasteiger partial charge in [0.05, 0.1) is 5.69 Å². The van der Waals surface area contributed by atoms with Crippen LogP contribution in [-0.4, -0.2) is 23.4 Å². The van der Waals surface area contributed by atoms with Crippen LogP contribution < -0.4 is 15.4 Å². The predicted octanol–water partition coefficient (Wildman–Crippen LogP) is 4.02. The lowest BCUT2D eigenvalue weighted by Crippen LogP contribution is -2.21. The molecule has 2 heterocycles. The number of carbonyl (C=O) groups is 2. The number of hydrogen-bond donors (Lipinski definition) is 2. The number of benzene rings is 2. The number of rotatable bonds is 5. The van der Waals surface area contributed by atoms with Crippen LogP contribution in [0, 0.1) is 6.92 Å². The molecule has 1 aliphatic heterocycles. The summed E-state index contributed by atoms with van der Waals surface area (Å²) in [5, 5.41) is 8.05. The second-order valence-electron chi connectivity index (χ2n) is 6.61. The average molecular weight is 393 g/mol. The Labute approximate surface area is 166 Å². The maximum Gasteiger partial charge on any atom is 0.264 e. The molecule has 0 radical (unpaired) electrons. The van der Waals surface area contributed by atoms with Crippen molar-refractivity contribution in [3.63, 3.8) is 0 Å². The Balaban J connectivity index is 1.34. The standard InChI is InChI=1S/C21H19N3O3S/c1-13-2-4-14(5-3-13)18-12-28-21(23-18)24-20(26)11-27-16-7-8-17-15(10-16)6-9-19(25)22-17/h2-5,7-8,10,12H,6,9,11H2,1H3,(H,22,25)(H,23,24,26). The van der Waals surface area contributed by atoms with E-state index in [9.17, 15) is 9.59 Å². The van der Waals surface area contributed by atoms with Crippen LogP contribution >= 0.6 is 11.3 Å². The van der Waals surface area contributed by atoms with E-state index >= 15 is 0 Å². The zero-order valence-corrected chi connectivity index (χ0v) is 16.1. The molecule has 0 saturated heterocycles. The average Bonchev–Trinajstić information content (AvgIpc) is 3.15. The number of carbonyl (C=O) groups excluding carboxylic acids is 2. The second-order valence-corrected chi connectivity index (χ2v) is 7.47. The molecule has 0 fully saturated rings. The van der Waals surface area contributed by atoms with Crippen molar-refractivity contribution < 1.29 is 14.3 Å². The van der Waals surface area contributed by atoms with E-state index in [0.29, 0.717) is 23.7 Å². The normalized spacial score (nSPS) is 12.8. The largest absolute Gasteiger partial charge is 0.484 e. The molecule has 1 aliphatic rings. The smallest absolute Gasteiger partial charge is 0.264 e. The fraction of sp³-hybridized carbons (Fsp3) is 0.190. The van der Waals surface area contributed by atoms with Gasteiger partial charge in [0.25, 0.3) is 5.91 Å². The summed E-state index contributed by atoms with van der Waals surface area (Å²) in [6, 6.07) is 13.5. The summed E-state index contributed by atoms with van der Waals surface area (Å²) in [6.45, 7) is 1.93. The van der Waals surface area contributed by atoms with Crippen LogP contribution in [0.3, 0.4) is 0 Å². The van der Waals surface area contributed by atoms with Crippen molar-refractivity contribution in [3.8, 4) is 17.0 Å². The highest BCUT2D eigenvalue weighted by atomic mass is 32.1. The first-order chi connectivity index (χ1) is 13.6. The molecule has 3 aromatic rings. The van der Waals surface area contributed by atoms with Gasteiger partial charge in [-0.05, 0) is 37.1 Å².